The maximum absolute atomic E-state index is 13.1. The lowest BCUT2D eigenvalue weighted by Gasteiger charge is -2.23. The number of aryl methyl sites for hydroxylation is 1. The largest absolute Gasteiger partial charge is 0.489 e. The maximum Gasteiger partial charge on any atom is 0.273 e. The van der Waals surface area contributed by atoms with Gasteiger partial charge in [0, 0.05) is 45.2 Å². The van der Waals surface area contributed by atoms with Gasteiger partial charge in [-0.3, -0.25) is 23.7 Å². The number of ether oxygens (including phenoxy) is 1. The number of benzene rings is 1. The second kappa shape index (κ2) is 12.6. The monoisotopic (exact) mass is 506 g/mol. The van der Waals surface area contributed by atoms with Crippen molar-refractivity contribution in [2.75, 3.05) is 32.8 Å². The highest BCUT2D eigenvalue weighted by molar-refractivity contribution is 5.94. The predicted octanol–water partition coefficient (Wildman–Crippen LogP) is 1.12. The Kier molecular flexibility index (Phi) is 8.79. The summed E-state index contributed by atoms with van der Waals surface area (Å²) in [5.74, 6) is -0.293. The van der Waals surface area contributed by atoms with Crippen molar-refractivity contribution in [3.05, 3.63) is 65.0 Å². The van der Waals surface area contributed by atoms with Crippen LogP contribution in [0.15, 0.2) is 53.7 Å². The molecule has 4 rings (SSSR count). The molecule has 11 nitrogen and oxygen atoms in total. The van der Waals surface area contributed by atoms with Gasteiger partial charge in [0.05, 0.1) is 23.8 Å². The van der Waals surface area contributed by atoms with E-state index in [2.05, 4.69) is 20.6 Å². The Bertz CT molecular complexity index is 1320. The maximum atomic E-state index is 13.1. The molecule has 0 spiro atoms. The minimum atomic E-state index is -0.368. The number of amides is 3. The molecule has 194 valence electrons. The lowest BCUT2D eigenvalue weighted by atomic mass is 10.2. The Balaban J connectivity index is 1.40. The number of hydrogen-bond donors (Lipinski definition) is 2. The number of carbonyl (C=O) groups excluding carboxylic acids is 3. The van der Waals surface area contributed by atoms with Crippen LogP contribution in [0, 0.1) is 0 Å². The van der Waals surface area contributed by atoms with E-state index in [-0.39, 0.29) is 61.5 Å². The van der Waals surface area contributed by atoms with Crippen molar-refractivity contribution >= 4 is 28.6 Å². The Hall–Kier alpha value is -4.28. The third-order valence-electron chi connectivity index (χ3n) is 6.04. The van der Waals surface area contributed by atoms with Gasteiger partial charge in [-0.1, -0.05) is 12.1 Å². The third kappa shape index (κ3) is 6.90. The molecule has 0 fully saturated rings. The quantitative estimate of drug-likeness (QED) is 0.543. The van der Waals surface area contributed by atoms with Crippen LogP contribution in [0.3, 0.4) is 0 Å². The summed E-state index contributed by atoms with van der Waals surface area (Å²) in [5, 5.41) is 6.12. The highest BCUT2D eigenvalue weighted by atomic mass is 16.5. The first-order valence-electron chi connectivity index (χ1n) is 12.4. The number of fused-ring (bicyclic) bond motifs is 2. The second-order valence-electron chi connectivity index (χ2n) is 8.65. The van der Waals surface area contributed by atoms with Crippen LogP contribution in [0.4, 0.5) is 0 Å². The zero-order valence-corrected chi connectivity index (χ0v) is 20.5. The highest BCUT2D eigenvalue weighted by Crippen LogP contribution is 2.15. The molecule has 11 heteroatoms. The standard InChI is InChI=1S/C26H30N6O5/c33-22-9-4-14-31(23(34)10-16-32-18-30-20-7-2-1-6-19(20)26(32)36)15-5-12-29-25(35)24-21(8-3-11-28-24)37-17-13-27-22/h1-3,6-8,11,18H,4-5,9-10,12-17H2,(H,27,33)(H,29,35). The summed E-state index contributed by atoms with van der Waals surface area (Å²) in [6.07, 6.45) is 4.37. The molecule has 0 atom stereocenters. The molecule has 0 aliphatic carbocycles. The van der Waals surface area contributed by atoms with Crippen molar-refractivity contribution in [1.82, 2.24) is 30.1 Å². The number of nitrogens with zero attached hydrogens (tertiary/aromatic N) is 4. The van der Waals surface area contributed by atoms with E-state index in [0.717, 1.165) is 0 Å². The summed E-state index contributed by atoms with van der Waals surface area (Å²) in [5.41, 5.74) is 0.591. The number of pyridine rings is 1. The van der Waals surface area contributed by atoms with E-state index >= 15 is 0 Å². The van der Waals surface area contributed by atoms with Gasteiger partial charge in [0.2, 0.25) is 11.8 Å². The molecule has 3 heterocycles. The smallest absolute Gasteiger partial charge is 0.273 e. The van der Waals surface area contributed by atoms with E-state index in [0.29, 0.717) is 49.1 Å². The van der Waals surface area contributed by atoms with Gasteiger partial charge >= 0.3 is 0 Å². The molecule has 2 aromatic heterocycles. The van der Waals surface area contributed by atoms with Crippen LogP contribution in [0.25, 0.3) is 10.9 Å². The highest BCUT2D eigenvalue weighted by Gasteiger charge is 2.17. The van der Waals surface area contributed by atoms with Crippen LogP contribution in [0.5, 0.6) is 5.75 Å². The lowest BCUT2D eigenvalue weighted by Crippen LogP contribution is -2.37. The van der Waals surface area contributed by atoms with E-state index < -0.39 is 0 Å². The summed E-state index contributed by atoms with van der Waals surface area (Å²) in [7, 11) is 0. The van der Waals surface area contributed by atoms with Gasteiger partial charge < -0.3 is 20.3 Å². The van der Waals surface area contributed by atoms with E-state index in [1.54, 1.807) is 35.2 Å². The number of para-hydroxylation sites is 1. The summed E-state index contributed by atoms with van der Waals surface area (Å²) < 4.78 is 7.07. The van der Waals surface area contributed by atoms with E-state index in [9.17, 15) is 19.2 Å². The molecule has 0 radical (unpaired) electrons. The SMILES string of the molecule is O=C1CCCN(C(=O)CCn2cnc3ccccc3c2=O)CCCNC(=O)c2ncccc2OCCN1. The van der Waals surface area contributed by atoms with Crippen LogP contribution < -0.4 is 20.9 Å². The average Bonchev–Trinajstić information content (AvgIpc) is 2.91. The van der Waals surface area contributed by atoms with Crippen molar-refractivity contribution in [2.24, 2.45) is 0 Å². The first-order valence-corrected chi connectivity index (χ1v) is 12.4. The van der Waals surface area contributed by atoms with Crippen LogP contribution >= 0.6 is 0 Å². The third-order valence-corrected chi connectivity index (χ3v) is 6.04. The number of aromatic nitrogens is 3. The van der Waals surface area contributed by atoms with Gasteiger partial charge in [-0.05, 0) is 37.1 Å². The Morgan fingerprint density at radius 3 is 2.70 bits per heavy atom. The zero-order chi connectivity index (χ0) is 26.0. The van der Waals surface area contributed by atoms with Crippen molar-refractivity contribution in [3.8, 4) is 5.75 Å². The van der Waals surface area contributed by atoms with Gasteiger partial charge in [-0.2, -0.15) is 0 Å². The molecule has 1 aromatic carbocycles. The summed E-state index contributed by atoms with van der Waals surface area (Å²) in [6.45, 7) is 1.82. The first-order chi connectivity index (χ1) is 18.0. The Labute approximate surface area is 213 Å². The van der Waals surface area contributed by atoms with Crippen molar-refractivity contribution < 1.29 is 19.1 Å². The lowest BCUT2D eigenvalue weighted by molar-refractivity contribution is -0.132. The van der Waals surface area contributed by atoms with Crippen LogP contribution in [0.2, 0.25) is 0 Å². The molecule has 1 aliphatic heterocycles. The number of nitrogens with one attached hydrogen (secondary N) is 2. The molecular formula is C26H30N6O5. The van der Waals surface area contributed by atoms with Gasteiger partial charge in [0.15, 0.2) is 11.4 Å². The van der Waals surface area contributed by atoms with E-state index in [4.69, 9.17) is 4.74 Å². The Morgan fingerprint density at radius 2 is 1.81 bits per heavy atom. The molecule has 37 heavy (non-hydrogen) atoms. The van der Waals surface area contributed by atoms with Gasteiger partial charge in [0.1, 0.15) is 6.61 Å². The first kappa shape index (κ1) is 25.8. The topological polar surface area (TPSA) is 136 Å². The molecule has 2 N–H and O–H groups in total. The summed E-state index contributed by atoms with van der Waals surface area (Å²) in [6, 6.07) is 10.4. The molecule has 1 aliphatic rings. The predicted molar refractivity (Wildman–Crippen MR) is 136 cm³/mol. The number of hydrogen-bond acceptors (Lipinski definition) is 7. The van der Waals surface area contributed by atoms with Gasteiger partial charge in [-0.25, -0.2) is 9.97 Å². The minimum Gasteiger partial charge on any atom is -0.489 e. The van der Waals surface area contributed by atoms with Crippen molar-refractivity contribution in [2.45, 2.75) is 32.2 Å². The number of rotatable bonds is 3. The van der Waals surface area contributed by atoms with Crippen molar-refractivity contribution in [1.29, 1.82) is 0 Å². The molecule has 0 unspecified atom stereocenters. The van der Waals surface area contributed by atoms with Crippen LogP contribution in [-0.2, 0) is 16.1 Å². The fourth-order valence-electron chi connectivity index (χ4n) is 4.10. The second-order valence-corrected chi connectivity index (χ2v) is 8.65. The van der Waals surface area contributed by atoms with Gasteiger partial charge in [-0.15, -0.1) is 0 Å². The van der Waals surface area contributed by atoms with Crippen molar-refractivity contribution in [3.63, 3.8) is 0 Å². The molecule has 3 amide bonds. The molecular weight excluding hydrogens is 476 g/mol. The molecule has 0 saturated heterocycles. The normalized spacial score (nSPS) is 15.8. The summed E-state index contributed by atoms with van der Waals surface area (Å²) >= 11 is 0. The average molecular weight is 507 g/mol. The van der Waals surface area contributed by atoms with E-state index in [1.165, 1.54) is 17.1 Å². The molecule has 3 aromatic rings. The van der Waals surface area contributed by atoms with E-state index in [1.807, 2.05) is 6.07 Å². The van der Waals surface area contributed by atoms with Crippen LogP contribution in [0.1, 0.15) is 36.2 Å². The summed E-state index contributed by atoms with van der Waals surface area (Å²) in [4.78, 5) is 60.7. The molecule has 0 saturated carbocycles. The van der Waals surface area contributed by atoms with Gasteiger partial charge in [0.25, 0.3) is 11.5 Å². The van der Waals surface area contributed by atoms with Crippen LogP contribution in [-0.4, -0.2) is 69.9 Å². The number of carbonyl (C=O) groups is 3. The Morgan fingerprint density at radius 1 is 0.973 bits per heavy atom. The fourth-order valence-corrected chi connectivity index (χ4v) is 4.10. The zero-order valence-electron chi connectivity index (χ0n) is 20.5. The fraction of sp³-hybridized carbons (Fsp3) is 0.385. The minimum absolute atomic E-state index is 0.118. The molecule has 0 bridgehead atoms.